The van der Waals surface area contributed by atoms with Crippen molar-refractivity contribution in [3.05, 3.63) is 23.3 Å². The molecule has 1 rings (SSSR count). The normalized spacial score (nSPS) is 10.5. The quantitative estimate of drug-likeness (QED) is 0.417. The second kappa shape index (κ2) is 8.46. The average Bonchev–Trinajstić information content (AvgIpc) is 2.41. The zero-order chi connectivity index (χ0) is 15.0. The molecule has 1 aromatic rings. The molecule has 0 amide bonds. The molecule has 1 aromatic carbocycles. The van der Waals surface area contributed by atoms with Crippen molar-refractivity contribution >= 4 is 6.16 Å². The third-order valence-electron chi connectivity index (χ3n) is 3.34. The van der Waals surface area contributed by atoms with Crippen molar-refractivity contribution in [2.75, 3.05) is 0 Å². The first kappa shape index (κ1) is 16.3. The van der Waals surface area contributed by atoms with Gasteiger partial charge in [-0.25, -0.2) is 4.79 Å². The molecule has 112 valence electrons. The van der Waals surface area contributed by atoms with E-state index in [1.54, 1.807) is 0 Å². The van der Waals surface area contributed by atoms with E-state index in [0.29, 0.717) is 0 Å². The third-order valence-corrected chi connectivity index (χ3v) is 3.34. The van der Waals surface area contributed by atoms with Crippen LogP contribution in [0, 0.1) is 0 Å². The largest absolute Gasteiger partial charge is 0.511 e. The van der Waals surface area contributed by atoms with Gasteiger partial charge in [0.25, 0.3) is 0 Å². The minimum absolute atomic E-state index is 0.0187. The van der Waals surface area contributed by atoms with E-state index in [4.69, 9.17) is 9.84 Å². The van der Waals surface area contributed by atoms with E-state index in [1.165, 1.54) is 0 Å². The van der Waals surface area contributed by atoms with Gasteiger partial charge >= 0.3 is 6.16 Å². The van der Waals surface area contributed by atoms with Crippen molar-refractivity contribution in [2.24, 2.45) is 0 Å². The molecule has 0 aliphatic heterocycles. The number of aryl methyl sites for hydroxylation is 2. The summed E-state index contributed by atoms with van der Waals surface area (Å²) in [6.07, 6.45) is 5.17. The molecular formula is C16H24O4. The predicted octanol–water partition coefficient (Wildman–Crippen LogP) is 4.52. The van der Waals surface area contributed by atoms with Gasteiger partial charge in [0.05, 0.1) is 0 Å². The summed E-state index contributed by atoms with van der Waals surface area (Å²) in [6.45, 7) is 4.19. The lowest BCUT2D eigenvalue weighted by Gasteiger charge is -2.13. The van der Waals surface area contributed by atoms with Crippen molar-refractivity contribution in [3.63, 3.8) is 0 Å². The van der Waals surface area contributed by atoms with Gasteiger partial charge in [0.1, 0.15) is 0 Å². The summed E-state index contributed by atoms with van der Waals surface area (Å²) >= 11 is 0. The van der Waals surface area contributed by atoms with E-state index >= 15 is 0 Å². The molecule has 0 aliphatic rings. The van der Waals surface area contributed by atoms with Crippen LogP contribution in [0.4, 0.5) is 4.79 Å². The Hall–Kier alpha value is -1.71. The summed E-state index contributed by atoms with van der Waals surface area (Å²) in [4.78, 5) is 10.8. The number of ether oxygens (including phenoxy) is 1. The Kier molecular flexibility index (Phi) is 6.91. The number of unbranched alkanes of at least 4 members (excludes halogenated alkanes) is 3. The fourth-order valence-corrected chi connectivity index (χ4v) is 2.19. The second-order valence-electron chi connectivity index (χ2n) is 4.99. The number of carbonyl (C=O) groups is 1. The van der Waals surface area contributed by atoms with Crippen molar-refractivity contribution in [1.29, 1.82) is 0 Å². The van der Waals surface area contributed by atoms with Crippen LogP contribution in [0.5, 0.6) is 11.5 Å². The van der Waals surface area contributed by atoms with Crippen molar-refractivity contribution < 1.29 is 19.7 Å². The molecule has 0 heterocycles. The van der Waals surface area contributed by atoms with E-state index in [0.717, 1.165) is 56.1 Å². The first-order valence-corrected chi connectivity index (χ1v) is 7.34. The highest BCUT2D eigenvalue weighted by molar-refractivity contribution is 5.65. The van der Waals surface area contributed by atoms with Crippen molar-refractivity contribution in [1.82, 2.24) is 0 Å². The summed E-state index contributed by atoms with van der Waals surface area (Å²) in [7, 11) is 0. The number of aromatic hydroxyl groups is 1. The molecule has 0 saturated carbocycles. The molecule has 0 atom stereocenters. The zero-order valence-corrected chi connectivity index (χ0v) is 12.3. The van der Waals surface area contributed by atoms with Crippen LogP contribution in [0.2, 0.25) is 0 Å². The Morgan fingerprint density at radius 3 is 2.25 bits per heavy atom. The van der Waals surface area contributed by atoms with Gasteiger partial charge in [-0.3, -0.25) is 0 Å². The van der Waals surface area contributed by atoms with Gasteiger partial charge in [0.2, 0.25) is 0 Å². The SMILES string of the molecule is CCCCCc1ccc(CCCC)c(O)c1OC(=O)O. The van der Waals surface area contributed by atoms with Crippen LogP contribution in [0.1, 0.15) is 57.1 Å². The van der Waals surface area contributed by atoms with Crippen molar-refractivity contribution in [3.8, 4) is 11.5 Å². The standard InChI is InChI=1S/C16H24O4/c1-3-5-7-9-13-11-10-12(8-6-4-2)14(17)15(13)20-16(18)19/h10-11,17H,3-9H2,1-2H3,(H,18,19). The molecule has 2 N–H and O–H groups in total. The molecule has 0 aromatic heterocycles. The molecule has 0 radical (unpaired) electrons. The molecule has 20 heavy (non-hydrogen) atoms. The summed E-state index contributed by atoms with van der Waals surface area (Å²) in [5.74, 6) is 0.0945. The Morgan fingerprint density at radius 1 is 1.05 bits per heavy atom. The number of hydrogen-bond acceptors (Lipinski definition) is 3. The fourth-order valence-electron chi connectivity index (χ4n) is 2.19. The van der Waals surface area contributed by atoms with Gasteiger partial charge < -0.3 is 14.9 Å². The van der Waals surface area contributed by atoms with Gasteiger partial charge in [0.15, 0.2) is 11.5 Å². The first-order valence-electron chi connectivity index (χ1n) is 7.34. The minimum Gasteiger partial charge on any atom is -0.504 e. The number of phenolic OH excluding ortho intramolecular Hbond substituents is 1. The molecule has 0 fully saturated rings. The molecule has 4 nitrogen and oxygen atoms in total. The highest BCUT2D eigenvalue weighted by Gasteiger charge is 2.16. The highest BCUT2D eigenvalue weighted by atomic mass is 16.7. The van der Waals surface area contributed by atoms with E-state index in [9.17, 15) is 9.90 Å². The summed E-state index contributed by atoms with van der Waals surface area (Å²) < 4.78 is 4.79. The molecule has 0 saturated heterocycles. The number of carboxylic acid groups (broad SMARTS) is 1. The van der Waals surface area contributed by atoms with Gasteiger partial charge in [-0.15, -0.1) is 0 Å². The van der Waals surface area contributed by atoms with E-state index in [-0.39, 0.29) is 11.5 Å². The van der Waals surface area contributed by atoms with Crippen LogP contribution in [0.25, 0.3) is 0 Å². The maximum Gasteiger partial charge on any atom is 0.511 e. The van der Waals surface area contributed by atoms with Crippen LogP contribution >= 0.6 is 0 Å². The number of rotatable bonds is 8. The molecule has 0 aliphatic carbocycles. The monoisotopic (exact) mass is 280 g/mol. The number of phenols is 1. The lowest BCUT2D eigenvalue weighted by molar-refractivity contribution is 0.142. The van der Waals surface area contributed by atoms with Crippen LogP contribution in [-0.2, 0) is 12.8 Å². The lowest BCUT2D eigenvalue weighted by atomic mass is 10.0. The Bertz CT molecular complexity index is 440. The van der Waals surface area contributed by atoms with Gasteiger partial charge in [-0.1, -0.05) is 45.2 Å². The number of benzene rings is 1. The van der Waals surface area contributed by atoms with E-state index < -0.39 is 6.16 Å². The van der Waals surface area contributed by atoms with E-state index in [2.05, 4.69) is 13.8 Å². The smallest absolute Gasteiger partial charge is 0.504 e. The Morgan fingerprint density at radius 2 is 1.65 bits per heavy atom. The average molecular weight is 280 g/mol. The lowest BCUT2D eigenvalue weighted by Crippen LogP contribution is -2.07. The molecule has 4 heteroatoms. The van der Waals surface area contributed by atoms with Crippen LogP contribution in [-0.4, -0.2) is 16.4 Å². The van der Waals surface area contributed by atoms with Gasteiger partial charge in [-0.2, -0.15) is 0 Å². The zero-order valence-electron chi connectivity index (χ0n) is 12.3. The second-order valence-corrected chi connectivity index (χ2v) is 4.99. The van der Waals surface area contributed by atoms with Crippen LogP contribution in [0.3, 0.4) is 0 Å². The predicted molar refractivity (Wildman–Crippen MR) is 78.6 cm³/mol. The Balaban J connectivity index is 2.97. The van der Waals surface area contributed by atoms with Gasteiger partial charge in [-0.05, 0) is 36.8 Å². The maximum atomic E-state index is 10.8. The highest BCUT2D eigenvalue weighted by Crippen LogP contribution is 2.36. The van der Waals surface area contributed by atoms with E-state index in [1.807, 2.05) is 12.1 Å². The van der Waals surface area contributed by atoms with Gasteiger partial charge in [0, 0.05) is 0 Å². The van der Waals surface area contributed by atoms with Crippen LogP contribution < -0.4 is 4.74 Å². The Labute approximate surface area is 120 Å². The topological polar surface area (TPSA) is 66.8 Å². The molecule has 0 unspecified atom stereocenters. The summed E-state index contributed by atoms with van der Waals surface area (Å²) in [5, 5.41) is 19.0. The fraction of sp³-hybridized carbons (Fsp3) is 0.562. The maximum absolute atomic E-state index is 10.8. The molecule has 0 bridgehead atoms. The third kappa shape index (κ3) is 4.76. The van der Waals surface area contributed by atoms with Crippen LogP contribution in [0.15, 0.2) is 12.1 Å². The molecule has 0 spiro atoms. The van der Waals surface area contributed by atoms with Crippen molar-refractivity contribution in [2.45, 2.75) is 58.8 Å². The number of hydrogen-bond donors (Lipinski definition) is 2. The minimum atomic E-state index is -1.38. The first-order chi connectivity index (χ1) is 9.60. The summed E-state index contributed by atoms with van der Waals surface area (Å²) in [5.41, 5.74) is 1.51. The molecular weight excluding hydrogens is 256 g/mol. The summed E-state index contributed by atoms with van der Waals surface area (Å²) in [6, 6.07) is 3.75.